The Kier molecular flexibility index (Phi) is 2.08. The van der Waals surface area contributed by atoms with Gasteiger partial charge in [-0.1, -0.05) is 30.3 Å². The summed E-state index contributed by atoms with van der Waals surface area (Å²) in [4.78, 5) is 1.62. The van der Waals surface area contributed by atoms with E-state index in [1.165, 1.54) is 0 Å². The average Bonchev–Trinajstić information content (AvgIpc) is 2.71. The summed E-state index contributed by atoms with van der Waals surface area (Å²) in [5.41, 5.74) is 1.14. The van der Waals surface area contributed by atoms with E-state index < -0.39 is 0 Å². The maximum Gasteiger partial charge on any atom is 0.135 e. The second-order valence-electron chi connectivity index (χ2n) is 2.77. The third-order valence-electron chi connectivity index (χ3n) is 1.91. The van der Waals surface area contributed by atoms with Gasteiger partial charge in [-0.05, 0) is 12.5 Å². The normalized spacial score (nSPS) is 10.6. The van der Waals surface area contributed by atoms with Gasteiger partial charge in [0.1, 0.15) is 6.04 Å². The lowest BCUT2D eigenvalue weighted by Gasteiger charge is -2.08. The molecule has 1 aromatic heterocycles. The fourth-order valence-corrected chi connectivity index (χ4v) is 1.18. The van der Waals surface area contributed by atoms with E-state index in [1.807, 2.05) is 37.3 Å². The minimum atomic E-state index is 1.03. The van der Waals surface area contributed by atoms with Crippen LogP contribution >= 0.6 is 0 Å². The monoisotopic (exact) mass is 172 g/mol. The molecule has 0 saturated heterocycles. The van der Waals surface area contributed by atoms with Crippen molar-refractivity contribution >= 4 is 0 Å². The van der Waals surface area contributed by atoms with Crippen LogP contribution in [0.1, 0.15) is 12.5 Å². The molecule has 0 atom stereocenters. The highest BCUT2D eigenvalue weighted by Crippen LogP contribution is 2.12. The zero-order valence-electron chi connectivity index (χ0n) is 7.38. The van der Waals surface area contributed by atoms with Crippen molar-refractivity contribution in [2.45, 2.75) is 6.92 Å². The Labute approximate surface area is 77.0 Å². The van der Waals surface area contributed by atoms with E-state index in [-0.39, 0.29) is 0 Å². The third kappa shape index (κ3) is 1.59. The summed E-state index contributed by atoms with van der Waals surface area (Å²) in [6, 6.07) is 11.1. The van der Waals surface area contributed by atoms with Crippen LogP contribution in [0.2, 0.25) is 0 Å². The molecule has 0 aliphatic heterocycles. The molecule has 1 aromatic carbocycles. The molecule has 1 heterocycles. The van der Waals surface area contributed by atoms with E-state index in [0.29, 0.717) is 0 Å². The quantitative estimate of drug-likeness (QED) is 0.690. The lowest BCUT2D eigenvalue weighted by atomic mass is 10.1. The molecule has 13 heavy (non-hydrogen) atoms. The fourth-order valence-electron chi connectivity index (χ4n) is 1.18. The first kappa shape index (κ1) is 7.98. The van der Waals surface area contributed by atoms with Crippen molar-refractivity contribution in [1.82, 2.24) is 15.0 Å². The number of nitrogens with zero attached hydrogens (tertiary/aromatic N) is 3. The first-order valence-electron chi connectivity index (χ1n) is 4.13. The maximum absolute atomic E-state index is 4.06. The topological polar surface area (TPSA) is 30.7 Å². The molecule has 2 aromatic rings. The van der Waals surface area contributed by atoms with Crippen LogP contribution in [0, 0.1) is 6.04 Å². The van der Waals surface area contributed by atoms with Crippen molar-refractivity contribution in [2.75, 3.05) is 0 Å². The second kappa shape index (κ2) is 3.39. The molecule has 2 rings (SSSR count). The summed E-state index contributed by atoms with van der Waals surface area (Å²) >= 11 is 0. The van der Waals surface area contributed by atoms with Crippen LogP contribution in [0.3, 0.4) is 0 Å². The number of hydrogen-bond acceptors (Lipinski definition) is 2. The van der Waals surface area contributed by atoms with Gasteiger partial charge in [-0.25, -0.2) is 0 Å². The molecule has 0 aliphatic rings. The Morgan fingerprint density at radius 1 is 1.08 bits per heavy atom. The van der Waals surface area contributed by atoms with Gasteiger partial charge in [-0.3, -0.25) is 0 Å². The van der Waals surface area contributed by atoms with E-state index in [2.05, 4.69) is 10.2 Å². The van der Waals surface area contributed by atoms with E-state index in [0.717, 1.165) is 11.6 Å². The van der Waals surface area contributed by atoms with Gasteiger partial charge in [0.05, 0.1) is 12.4 Å². The van der Waals surface area contributed by atoms with E-state index in [4.69, 9.17) is 0 Å². The summed E-state index contributed by atoms with van der Waals surface area (Å²) < 4.78 is 0. The fraction of sp³-hybridized carbons (Fsp3) is 0.100. The van der Waals surface area contributed by atoms with Crippen LogP contribution < -0.4 is 0 Å². The maximum atomic E-state index is 4.06. The van der Waals surface area contributed by atoms with Gasteiger partial charge in [0.2, 0.25) is 0 Å². The zero-order chi connectivity index (χ0) is 9.10. The zero-order valence-corrected chi connectivity index (χ0v) is 7.38. The SMILES string of the molecule is C[C](c1ccccc1)n1nccn1. The first-order chi connectivity index (χ1) is 6.38. The minimum absolute atomic E-state index is 1.03. The smallest absolute Gasteiger partial charge is 0.135 e. The molecule has 0 spiro atoms. The molecule has 0 N–H and O–H groups in total. The van der Waals surface area contributed by atoms with E-state index in [1.54, 1.807) is 17.2 Å². The van der Waals surface area contributed by atoms with Gasteiger partial charge < -0.3 is 0 Å². The summed E-state index contributed by atoms with van der Waals surface area (Å²) in [7, 11) is 0. The van der Waals surface area contributed by atoms with Crippen molar-refractivity contribution in [3.05, 3.63) is 54.3 Å². The van der Waals surface area contributed by atoms with Crippen LogP contribution in [0.25, 0.3) is 0 Å². The van der Waals surface area contributed by atoms with Crippen LogP contribution in [-0.2, 0) is 0 Å². The molecule has 0 bridgehead atoms. The number of aromatic nitrogens is 3. The second-order valence-corrected chi connectivity index (χ2v) is 2.77. The van der Waals surface area contributed by atoms with Crippen molar-refractivity contribution in [2.24, 2.45) is 0 Å². The molecule has 0 amide bonds. The Bertz CT molecular complexity index is 353. The molecular formula is C10H10N3. The van der Waals surface area contributed by atoms with Crippen molar-refractivity contribution in [3.8, 4) is 0 Å². The molecule has 0 fully saturated rings. The molecular weight excluding hydrogens is 162 g/mol. The van der Waals surface area contributed by atoms with Gasteiger partial charge in [-0.15, -0.1) is 0 Å². The lowest BCUT2D eigenvalue weighted by Crippen LogP contribution is -2.10. The van der Waals surface area contributed by atoms with Crippen LogP contribution in [0.4, 0.5) is 0 Å². The van der Waals surface area contributed by atoms with Crippen LogP contribution in [0.5, 0.6) is 0 Å². The van der Waals surface area contributed by atoms with Gasteiger partial charge in [-0.2, -0.15) is 15.0 Å². The molecule has 3 heteroatoms. The Balaban J connectivity index is 2.29. The molecule has 0 aliphatic carbocycles. The standard InChI is InChI=1S/C10H10N3/c1-9(13-11-7-8-12-13)10-5-3-2-4-6-10/h2-8H,1H3. The van der Waals surface area contributed by atoms with E-state index >= 15 is 0 Å². The predicted octanol–water partition coefficient (Wildman–Crippen LogP) is 1.73. The Hall–Kier alpha value is -1.64. The number of hydrogen-bond donors (Lipinski definition) is 0. The molecule has 65 valence electrons. The lowest BCUT2D eigenvalue weighted by molar-refractivity contribution is 0.632. The van der Waals surface area contributed by atoms with Crippen LogP contribution in [0.15, 0.2) is 42.7 Å². The summed E-state index contributed by atoms with van der Waals surface area (Å²) in [6.07, 6.45) is 3.35. The Morgan fingerprint density at radius 2 is 1.69 bits per heavy atom. The molecule has 1 radical (unpaired) electrons. The first-order valence-corrected chi connectivity index (χ1v) is 4.13. The van der Waals surface area contributed by atoms with Crippen LogP contribution in [-0.4, -0.2) is 15.0 Å². The summed E-state index contributed by atoms with van der Waals surface area (Å²) in [6.45, 7) is 2.00. The average molecular weight is 172 g/mol. The third-order valence-corrected chi connectivity index (χ3v) is 1.91. The van der Waals surface area contributed by atoms with Gasteiger partial charge in [0, 0.05) is 0 Å². The molecule has 0 unspecified atom stereocenters. The number of rotatable bonds is 2. The van der Waals surface area contributed by atoms with Crippen molar-refractivity contribution in [3.63, 3.8) is 0 Å². The summed E-state index contributed by atoms with van der Waals surface area (Å²) in [5, 5.41) is 8.12. The van der Waals surface area contributed by atoms with Crippen molar-refractivity contribution in [1.29, 1.82) is 0 Å². The van der Waals surface area contributed by atoms with Gasteiger partial charge in [0.25, 0.3) is 0 Å². The van der Waals surface area contributed by atoms with Gasteiger partial charge >= 0.3 is 0 Å². The summed E-state index contributed by atoms with van der Waals surface area (Å²) in [5.74, 6) is 0. The number of benzene rings is 1. The highest BCUT2D eigenvalue weighted by Gasteiger charge is 2.08. The molecule has 0 saturated carbocycles. The Morgan fingerprint density at radius 3 is 2.31 bits per heavy atom. The van der Waals surface area contributed by atoms with Crippen molar-refractivity contribution < 1.29 is 0 Å². The minimum Gasteiger partial charge on any atom is -0.172 e. The highest BCUT2D eigenvalue weighted by atomic mass is 15.5. The van der Waals surface area contributed by atoms with Gasteiger partial charge in [0.15, 0.2) is 0 Å². The molecule has 3 nitrogen and oxygen atoms in total. The predicted molar refractivity (Wildman–Crippen MR) is 49.9 cm³/mol. The van der Waals surface area contributed by atoms with E-state index in [9.17, 15) is 0 Å². The largest absolute Gasteiger partial charge is 0.172 e. The highest BCUT2D eigenvalue weighted by molar-refractivity contribution is 5.27.